The van der Waals surface area contributed by atoms with E-state index in [0.29, 0.717) is 17.1 Å². The Hall–Kier alpha value is -2.69. The van der Waals surface area contributed by atoms with Crippen molar-refractivity contribution in [2.45, 2.75) is 13.0 Å². The molecule has 0 heterocycles. The standard InChI is InChI=1S/C19H23NO4/c1-13(15-8-6-7-9-16(15)22-3)20(2)19(21)14-10-11-17(23-4)18(12-14)24-5/h6-13H,1-5H3. The molecule has 0 bridgehead atoms. The van der Waals surface area contributed by atoms with Crippen LogP contribution in [0, 0.1) is 0 Å². The van der Waals surface area contributed by atoms with E-state index in [1.54, 1.807) is 51.5 Å². The van der Waals surface area contributed by atoms with Gasteiger partial charge in [-0.3, -0.25) is 4.79 Å². The van der Waals surface area contributed by atoms with Gasteiger partial charge in [-0.05, 0) is 31.2 Å². The monoisotopic (exact) mass is 329 g/mol. The zero-order valence-corrected chi connectivity index (χ0v) is 14.7. The summed E-state index contributed by atoms with van der Waals surface area (Å²) in [6, 6.07) is 12.7. The summed E-state index contributed by atoms with van der Waals surface area (Å²) in [5.74, 6) is 1.78. The van der Waals surface area contributed by atoms with Crippen LogP contribution < -0.4 is 14.2 Å². The fourth-order valence-electron chi connectivity index (χ4n) is 2.57. The molecular weight excluding hydrogens is 306 g/mol. The quantitative estimate of drug-likeness (QED) is 0.813. The molecular formula is C19H23NO4. The van der Waals surface area contributed by atoms with Crippen molar-refractivity contribution in [3.8, 4) is 17.2 Å². The Morgan fingerprint density at radius 2 is 1.54 bits per heavy atom. The maximum absolute atomic E-state index is 12.8. The van der Waals surface area contributed by atoms with Crippen LogP contribution in [0.5, 0.6) is 17.2 Å². The van der Waals surface area contributed by atoms with Crippen molar-refractivity contribution in [1.29, 1.82) is 0 Å². The number of benzene rings is 2. The number of carbonyl (C=O) groups is 1. The van der Waals surface area contributed by atoms with Gasteiger partial charge in [-0.15, -0.1) is 0 Å². The summed E-state index contributed by atoms with van der Waals surface area (Å²) in [5, 5.41) is 0. The van der Waals surface area contributed by atoms with Gasteiger partial charge in [-0.2, -0.15) is 0 Å². The number of methoxy groups -OCH3 is 3. The lowest BCUT2D eigenvalue weighted by molar-refractivity contribution is 0.0740. The molecule has 2 rings (SSSR count). The van der Waals surface area contributed by atoms with Crippen molar-refractivity contribution in [3.63, 3.8) is 0 Å². The first kappa shape index (κ1) is 17.7. The molecule has 0 saturated heterocycles. The maximum Gasteiger partial charge on any atom is 0.254 e. The van der Waals surface area contributed by atoms with Crippen molar-refractivity contribution in [1.82, 2.24) is 4.90 Å². The molecule has 0 aliphatic heterocycles. The van der Waals surface area contributed by atoms with E-state index < -0.39 is 0 Å². The highest BCUT2D eigenvalue weighted by atomic mass is 16.5. The number of rotatable bonds is 6. The average molecular weight is 329 g/mol. The highest BCUT2D eigenvalue weighted by molar-refractivity contribution is 5.95. The summed E-state index contributed by atoms with van der Waals surface area (Å²) < 4.78 is 15.9. The molecule has 2 aromatic rings. The first-order valence-electron chi connectivity index (χ1n) is 7.65. The number of nitrogens with zero attached hydrogens (tertiary/aromatic N) is 1. The number of ether oxygens (including phenoxy) is 3. The molecule has 2 aromatic carbocycles. The molecule has 5 nitrogen and oxygen atoms in total. The third kappa shape index (κ3) is 3.45. The Balaban J connectivity index is 2.29. The fourth-order valence-corrected chi connectivity index (χ4v) is 2.57. The van der Waals surface area contributed by atoms with Gasteiger partial charge < -0.3 is 19.1 Å². The Labute approximate surface area is 142 Å². The normalized spacial score (nSPS) is 11.5. The molecule has 24 heavy (non-hydrogen) atoms. The van der Waals surface area contributed by atoms with Crippen molar-refractivity contribution < 1.29 is 19.0 Å². The molecule has 1 amide bonds. The molecule has 128 valence electrons. The first-order chi connectivity index (χ1) is 11.5. The summed E-state index contributed by atoms with van der Waals surface area (Å²) in [5.41, 5.74) is 1.49. The Morgan fingerprint density at radius 1 is 0.917 bits per heavy atom. The zero-order chi connectivity index (χ0) is 17.7. The summed E-state index contributed by atoms with van der Waals surface area (Å²) in [7, 11) is 6.51. The van der Waals surface area contributed by atoms with Gasteiger partial charge in [0, 0.05) is 18.2 Å². The molecule has 1 unspecified atom stereocenters. The van der Waals surface area contributed by atoms with E-state index in [2.05, 4.69) is 0 Å². The fraction of sp³-hybridized carbons (Fsp3) is 0.316. The predicted octanol–water partition coefficient (Wildman–Crippen LogP) is 3.55. The molecule has 0 aromatic heterocycles. The van der Waals surface area contributed by atoms with E-state index in [1.165, 1.54) is 0 Å². The molecule has 0 aliphatic rings. The Morgan fingerprint density at radius 3 is 2.17 bits per heavy atom. The lowest BCUT2D eigenvalue weighted by Crippen LogP contribution is -2.29. The third-order valence-corrected chi connectivity index (χ3v) is 4.12. The van der Waals surface area contributed by atoms with Crippen LogP contribution in [-0.4, -0.2) is 39.2 Å². The second kappa shape index (κ2) is 7.73. The maximum atomic E-state index is 12.8. The van der Waals surface area contributed by atoms with Crippen LogP contribution in [0.3, 0.4) is 0 Å². The van der Waals surface area contributed by atoms with Gasteiger partial charge in [0.1, 0.15) is 5.75 Å². The van der Waals surface area contributed by atoms with Crippen molar-refractivity contribution in [2.24, 2.45) is 0 Å². The largest absolute Gasteiger partial charge is 0.496 e. The minimum absolute atomic E-state index is 0.102. The first-order valence-corrected chi connectivity index (χ1v) is 7.65. The molecule has 0 radical (unpaired) electrons. The second-order valence-corrected chi connectivity index (χ2v) is 5.40. The van der Waals surface area contributed by atoms with Gasteiger partial charge >= 0.3 is 0 Å². The van der Waals surface area contributed by atoms with Gasteiger partial charge in [0.05, 0.1) is 27.4 Å². The molecule has 0 aliphatic carbocycles. The van der Waals surface area contributed by atoms with Crippen molar-refractivity contribution in [3.05, 3.63) is 53.6 Å². The third-order valence-electron chi connectivity index (χ3n) is 4.12. The summed E-state index contributed by atoms with van der Waals surface area (Å²) >= 11 is 0. The summed E-state index contributed by atoms with van der Waals surface area (Å²) in [6.07, 6.45) is 0. The average Bonchev–Trinajstić information content (AvgIpc) is 2.65. The zero-order valence-electron chi connectivity index (χ0n) is 14.7. The van der Waals surface area contributed by atoms with E-state index in [-0.39, 0.29) is 11.9 Å². The molecule has 0 spiro atoms. The number of para-hydroxylation sites is 1. The topological polar surface area (TPSA) is 48.0 Å². The van der Waals surface area contributed by atoms with Crippen LogP contribution in [0.1, 0.15) is 28.9 Å². The van der Waals surface area contributed by atoms with Gasteiger partial charge in [0.15, 0.2) is 11.5 Å². The van der Waals surface area contributed by atoms with E-state index >= 15 is 0 Å². The van der Waals surface area contributed by atoms with Gasteiger partial charge in [0.2, 0.25) is 0 Å². The highest BCUT2D eigenvalue weighted by Crippen LogP contribution is 2.31. The number of hydrogen-bond acceptors (Lipinski definition) is 4. The number of hydrogen-bond donors (Lipinski definition) is 0. The minimum Gasteiger partial charge on any atom is -0.496 e. The highest BCUT2D eigenvalue weighted by Gasteiger charge is 2.22. The predicted molar refractivity (Wildman–Crippen MR) is 93.0 cm³/mol. The number of carbonyl (C=O) groups excluding carboxylic acids is 1. The van der Waals surface area contributed by atoms with Crippen molar-refractivity contribution >= 4 is 5.91 Å². The second-order valence-electron chi connectivity index (χ2n) is 5.40. The van der Waals surface area contributed by atoms with Crippen LogP contribution in [0.15, 0.2) is 42.5 Å². The molecule has 0 fully saturated rings. The van der Waals surface area contributed by atoms with Crippen LogP contribution in [-0.2, 0) is 0 Å². The van der Waals surface area contributed by atoms with Gasteiger partial charge in [-0.25, -0.2) is 0 Å². The van der Waals surface area contributed by atoms with Crippen LogP contribution >= 0.6 is 0 Å². The lowest BCUT2D eigenvalue weighted by Gasteiger charge is -2.27. The van der Waals surface area contributed by atoms with E-state index in [4.69, 9.17) is 14.2 Å². The lowest BCUT2D eigenvalue weighted by atomic mass is 10.0. The van der Waals surface area contributed by atoms with E-state index in [1.807, 2.05) is 31.2 Å². The van der Waals surface area contributed by atoms with Crippen molar-refractivity contribution in [2.75, 3.05) is 28.4 Å². The van der Waals surface area contributed by atoms with Crippen LogP contribution in [0.2, 0.25) is 0 Å². The Bertz CT molecular complexity index is 714. The number of amides is 1. The van der Waals surface area contributed by atoms with E-state index in [9.17, 15) is 4.79 Å². The smallest absolute Gasteiger partial charge is 0.254 e. The van der Waals surface area contributed by atoms with Crippen LogP contribution in [0.4, 0.5) is 0 Å². The van der Waals surface area contributed by atoms with E-state index in [0.717, 1.165) is 11.3 Å². The molecule has 1 atom stereocenters. The van der Waals surface area contributed by atoms with Gasteiger partial charge in [0.25, 0.3) is 5.91 Å². The van der Waals surface area contributed by atoms with Crippen LogP contribution in [0.25, 0.3) is 0 Å². The molecule has 0 N–H and O–H groups in total. The molecule has 5 heteroatoms. The summed E-state index contributed by atoms with van der Waals surface area (Å²) in [4.78, 5) is 14.5. The SMILES string of the molecule is COc1ccc(C(=O)N(C)C(C)c2ccccc2OC)cc1OC. The minimum atomic E-state index is -0.137. The molecule has 0 saturated carbocycles. The summed E-state index contributed by atoms with van der Waals surface area (Å²) in [6.45, 7) is 1.97. The van der Waals surface area contributed by atoms with Gasteiger partial charge in [-0.1, -0.05) is 18.2 Å². The Kier molecular flexibility index (Phi) is 5.68.